The third kappa shape index (κ3) is 3.20. The highest BCUT2D eigenvalue weighted by atomic mass is 32.2. The number of nitrogens with two attached hydrogens (primary N) is 1. The molecule has 0 aliphatic rings. The fourth-order valence-corrected chi connectivity index (χ4v) is 2.61. The Morgan fingerprint density at radius 3 is 3.00 bits per heavy atom. The number of aromatic nitrogens is 2. The molecule has 0 unspecified atom stereocenters. The van der Waals surface area contributed by atoms with Crippen LogP contribution in [0, 0.1) is 0 Å². The van der Waals surface area contributed by atoms with Crippen LogP contribution in [0.2, 0.25) is 0 Å². The number of hydrogen-bond donors (Lipinski definition) is 2. The van der Waals surface area contributed by atoms with E-state index in [9.17, 15) is 0 Å². The van der Waals surface area contributed by atoms with Crippen molar-refractivity contribution in [2.75, 3.05) is 11.5 Å². The summed E-state index contributed by atoms with van der Waals surface area (Å²) in [6.07, 6.45) is 0.363. The van der Waals surface area contributed by atoms with E-state index in [0.29, 0.717) is 6.42 Å². The molecule has 0 aliphatic heterocycles. The average Bonchev–Trinajstić information content (AvgIpc) is 2.77. The summed E-state index contributed by atoms with van der Waals surface area (Å²) in [6, 6.07) is 8.00. The van der Waals surface area contributed by atoms with Gasteiger partial charge in [0.1, 0.15) is 11.7 Å². The minimum absolute atomic E-state index is 0.180. The van der Waals surface area contributed by atoms with E-state index in [1.54, 1.807) is 0 Å². The summed E-state index contributed by atoms with van der Waals surface area (Å²) < 4.78 is 2.15. The van der Waals surface area contributed by atoms with Gasteiger partial charge in [0.25, 0.3) is 0 Å². The van der Waals surface area contributed by atoms with Gasteiger partial charge in [-0.15, -0.1) is 0 Å². The number of hydrogen-bond acceptors (Lipinski definition) is 4. The number of rotatable bonds is 6. The van der Waals surface area contributed by atoms with E-state index in [0.717, 1.165) is 34.9 Å². The monoisotopic (exact) mass is 278 g/mol. The van der Waals surface area contributed by atoms with Crippen molar-refractivity contribution < 1.29 is 5.21 Å². The van der Waals surface area contributed by atoms with Crippen LogP contribution in [-0.2, 0) is 13.0 Å². The number of fused-ring (bicyclic) bond motifs is 1. The zero-order chi connectivity index (χ0) is 13.7. The maximum atomic E-state index is 8.70. The molecule has 0 atom stereocenters. The molecule has 1 aromatic carbocycles. The molecule has 0 bridgehead atoms. The van der Waals surface area contributed by atoms with Gasteiger partial charge in [-0.25, -0.2) is 4.98 Å². The van der Waals surface area contributed by atoms with Crippen molar-refractivity contribution in [3.63, 3.8) is 0 Å². The van der Waals surface area contributed by atoms with Crippen LogP contribution >= 0.6 is 11.8 Å². The molecule has 102 valence electrons. The highest BCUT2D eigenvalue weighted by molar-refractivity contribution is 7.99. The second-order valence-electron chi connectivity index (χ2n) is 4.13. The summed E-state index contributed by atoms with van der Waals surface area (Å²) in [5.41, 5.74) is 7.64. The fourth-order valence-electron chi connectivity index (χ4n) is 2.01. The Kier molecular flexibility index (Phi) is 4.68. The first kappa shape index (κ1) is 13.7. The highest BCUT2D eigenvalue weighted by Crippen LogP contribution is 2.17. The normalized spacial score (nSPS) is 12.2. The van der Waals surface area contributed by atoms with Gasteiger partial charge in [0.2, 0.25) is 0 Å². The zero-order valence-electron chi connectivity index (χ0n) is 10.9. The average molecular weight is 278 g/mol. The highest BCUT2D eigenvalue weighted by Gasteiger charge is 2.11. The Bertz CT molecular complexity index is 579. The first-order valence-electron chi connectivity index (χ1n) is 6.24. The van der Waals surface area contributed by atoms with Crippen LogP contribution in [0.4, 0.5) is 0 Å². The number of aryl methyl sites for hydroxylation is 1. The summed E-state index contributed by atoms with van der Waals surface area (Å²) >= 11 is 1.89. The third-order valence-electron chi connectivity index (χ3n) is 2.86. The molecular weight excluding hydrogens is 260 g/mol. The van der Waals surface area contributed by atoms with Gasteiger partial charge in [0.15, 0.2) is 0 Å². The number of nitrogens with zero attached hydrogens (tertiary/aromatic N) is 3. The SMILES string of the molecule is CCSCCn1c(C/C(N)=N/O)nc2ccccc21. The lowest BCUT2D eigenvalue weighted by atomic mass is 10.3. The largest absolute Gasteiger partial charge is 0.409 e. The molecule has 6 heteroatoms. The predicted molar refractivity (Wildman–Crippen MR) is 79.8 cm³/mol. The summed E-state index contributed by atoms with van der Waals surface area (Å²) in [6.45, 7) is 3.03. The molecule has 2 aromatic rings. The van der Waals surface area contributed by atoms with Crippen LogP contribution < -0.4 is 5.73 Å². The summed E-state index contributed by atoms with van der Waals surface area (Å²) in [4.78, 5) is 4.56. The third-order valence-corrected chi connectivity index (χ3v) is 3.74. The number of benzene rings is 1. The first-order chi connectivity index (χ1) is 9.26. The van der Waals surface area contributed by atoms with E-state index in [4.69, 9.17) is 10.9 Å². The summed E-state index contributed by atoms with van der Waals surface area (Å²) in [5, 5.41) is 11.7. The van der Waals surface area contributed by atoms with Gasteiger partial charge in [-0.1, -0.05) is 24.2 Å². The van der Waals surface area contributed by atoms with Gasteiger partial charge in [-0.3, -0.25) is 0 Å². The van der Waals surface area contributed by atoms with Gasteiger partial charge in [0.05, 0.1) is 17.5 Å². The molecule has 0 amide bonds. The topological polar surface area (TPSA) is 76.4 Å². The molecule has 5 nitrogen and oxygen atoms in total. The Hall–Kier alpha value is -1.69. The van der Waals surface area contributed by atoms with E-state index in [1.807, 2.05) is 30.0 Å². The number of thioether (sulfide) groups is 1. The predicted octanol–water partition coefficient (Wildman–Crippen LogP) is 2.08. The lowest BCUT2D eigenvalue weighted by Gasteiger charge is -2.08. The van der Waals surface area contributed by atoms with Crippen LogP contribution in [-0.4, -0.2) is 32.1 Å². The lowest BCUT2D eigenvalue weighted by molar-refractivity contribution is 0.317. The molecule has 0 spiro atoms. The molecule has 0 aliphatic carbocycles. The van der Waals surface area contributed by atoms with Crippen LogP contribution in [0.1, 0.15) is 12.7 Å². The molecule has 0 saturated heterocycles. The maximum Gasteiger partial charge on any atom is 0.146 e. The van der Waals surface area contributed by atoms with Crippen LogP contribution in [0.25, 0.3) is 11.0 Å². The molecule has 1 heterocycles. The summed E-state index contributed by atoms with van der Waals surface area (Å²) in [7, 11) is 0. The van der Waals surface area contributed by atoms with Crippen molar-refractivity contribution in [3.8, 4) is 0 Å². The Morgan fingerprint density at radius 1 is 1.47 bits per heavy atom. The number of amidine groups is 1. The van der Waals surface area contributed by atoms with E-state index >= 15 is 0 Å². The Labute approximate surface area is 116 Å². The van der Waals surface area contributed by atoms with E-state index in [2.05, 4.69) is 27.7 Å². The quantitative estimate of drug-likeness (QED) is 0.279. The van der Waals surface area contributed by atoms with Crippen LogP contribution in [0.3, 0.4) is 0 Å². The van der Waals surface area contributed by atoms with Crippen molar-refractivity contribution in [2.24, 2.45) is 10.9 Å². The molecule has 2 rings (SSSR count). The molecule has 0 saturated carbocycles. The van der Waals surface area contributed by atoms with Gasteiger partial charge < -0.3 is 15.5 Å². The molecule has 0 fully saturated rings. The summed E-state index contributed by atoms with van der Waals surface area (Å²) in [5.74, 6) is 3.15. The smallest absolute Gasteiger partial charge is 0.146 e. The van der Waals surface area contributed by atoms with Crippen LogP contribution in [0.5, 0.6) is 0 Å². The number of oxime groups is 1. The second kappa shape index (κ2) is 6.47. The van der Waals surface area contributed by atoms with Crippen LogP contribution in [0.15, 0.2) is 29.4 Å². The minimum Gasteiger partial charge on any atom is -0.409 e. The van der Waals surface area contributed by atoms with Crippen molar-refractivity contribution in [3.05, 3.63) is 30.1 Å². The lowest BCUT2D eigenvalue weighted by Crippen LogP contribution is -2.18. The zero-order valence-corrected chi connectivity index (χ0v) is 11.7. The Balaban J connectivity index is 2.34. The van der Waals surface area contributed by atoms with Crippen molar-refractivity contribution in [1.29, 1.82) is 0 Å². The number of para-hydroxylation sites is 2. The van der Waals surface area contributed by atoms with Crippen molar-refractivity contribution in [2.45, 2.75) is 19.9 Å². The minimum atomic E-state index is 0.180. The molecule has 3 N–H and O–H groups in total. The maximum absolute atomic E-state index is 8.70. The van der Waals surface area contributed by atoms with Crippen molar-refractivity contribution in [1.82, 2.24) is 9.55 Å². The fraction of sp³-hybridized carbons (Fsp3) is 0.385. The number of imidazole rings is 1. The first-order valence-corrected chi connectivity index (χ1v) is 7.40. The molecular formula is C13H18N4OS. The van der Waals surface area contributed by atoms with E-state index in [1.165, 1.54) is 0 Å². The van der Waals surface area contributed by atoms with Gasteiger partial charge in [-0.2, -0.15) is 11.8 Å². The molecule has 1 aromatic heterocycles. The van der Waals surface area contributed by atoms with Gasteiger partial charge in [0, 0.05) is 12.3 Å². The molecule has 0 radical (unpaired) electrons. The van der Waals surface area contributed by atoms with Gasteiger partial charge in [-0.05, 0) is 17.9 Å². The molecule has 19 heavy (non-hydrogen) atoms. The standard InChI is InChI=1S/C13H18N4OS/c1-2-19-8-7-17-11-6-4-3-5-10(11)15-13(17)9-12(14)16-18/h3-6,18H,2,7-9H2,1H3,(H2,14,16). The second-order valence-corrected chi connectivity index (χ2v) is 5.53. The Morgan fingerprint density at radius 2 is 2.26 bits per heavy atom. The van der Waals surface area contributed by atoms with Gasteiger partial charge >= 0.3 is 0 Å². The van der Waals surface area contributed by atoms with E-state index < -0.39 is 0 Å². The van der Waals surface area contributed by atoms with Crippen molar-refractivity contribution >= 4 is 28.6 Å². The van der Waals surface area contributed by atoms with E-state index in [-0.39, 0.29) is 5.84 Å².